The molecule has 4 rings (SSSR count). The third-order valence-electron chi connectivity index (χ3n) is 3.61. The fourth-order valence-electron chi connectivity index (χ4n) is 2.73. The van der Waals surface area contributed by atoms with Crippen molar-refractivity contribution in [2.45, 2.75) is 5.91 Å². The van der Waals surface area contributed by atoms with Gasteiger partial charge in [-0.05, 0) is 24.3 Å². The fraction of sp³-hybridized carbons (Fsp3) is 0.0667. The molecule has 0 radical (unpaired) electrons. The second-order valence-electron chi connectivity index (χ2n) is 4.70. The van der Waals surface area contributed by atoms with Crippen molar-refractivity contribution in [2.24, 2.45) is 0 Å². The molecule has 0 bridgehead atoms. The number of aliphatic hydroxyl groups is 1. The molecule has 0 saturated carbocycles. The molecule has 0 saturated heterocycles. The molecule has 0 aliphatic carbocycles. The third-order valence-corrected chi connectivity index (χ3v) is 3.61. The molecular formula is C15H9NO4. The van der Waals surface area contributed by atoms with Crippen molar-refractivity contribution >= 4 is 17.6 Å². The summed E-state index contributed by atoms with van der Waals surface area (Å²) in [5, 5.41) is 10.7. The Kier molecular flexibility index (Phi) is 1.94. The molecule has 2 heterocycles. The number of carbonyl (C=O) groups excluding carboxylic acids is 2. The molecule has 2 aromatic carbocycles. The summed E-state index contributed by atoms with van der Waals surface area (Å²) in [5.41, 5.74) is 1.23. The lowest BCUT2D eigenvalue weighted by molar-refractivity contribution is -0.167. The SMILES string of the molecule is O=C1O[C@]2(O)c3ccccc3C(=O)N2c2ccccc21. The van der Waals surface area contributed by atoms with Gasteiger partial charge in [0, 0.05) is 0 Å². The van der Waals surface area contributed by atoms with Crippen molar-refractivity contribution < 1.29 is 19.4 Å². The van der Waals surface area contributed by atoms with E-state index in [2.05, 4.69) is 0 Å². The number of fused-ring (bicyclic) bond motifs is 5. The number of amides is 1. The summed E-state index contributed by atoms with van der Waals surface area (Å²) in [4.78, 5) is 25.6. The van der Waals surface area contributed by atoms with Crippen LogP contribution in [0.15, 0.2) is 48.5 Å². The number of nitrogens with zero attached hydrogens (tertiary/aromatic N) is 1. The average molecular weight is 267 g/mol. The highest BCUT2D eigenvalue weighted by Gasteiger charge is 2.56. The quantitative estimate of drug-likeness (QED) is 0.736. The Labute approximate surface area is 114 Å². The Morgan fingerprint density at radius 2 is 1.60 bits per heavy atom. The minimum atomic E-state index is -2.06. The molecule has 2 aliphatic rings. The highest BCUT2D eigenvalue weighted by atomic mass is 16.7. The first-order valence-corrected chi connectivity index (χ1v) is 6.12. The van der Waals surface area contributed by atoms with Crippen molar-refractivity contribution in [1.82, 2.24) is 0 Å². The number of benzene rings is 2. The van der Waals surface area contributed by atoms with Crippen LogP contribution in [-0.2, 0) is 10.6 Å². The molecule has 1 amide bonds. The first-order valence-electron chi connectivity index (χ1n) is 6.12. The van der Waals surface area contributed by atoms with Gasteiger partial charge < -0.3 is 9.84 Å². The van der Waals surface area contributed by atoms with Gasteiger partial charge in [-0.25, -0.2) is 9.69 Å². The first kappa shape index (κ1) is 11.2. The zero-order valence-electron chi connectivity index (χ0n) is 10.2. The normalized spacial score (nSPS) is 22.9. The van der Waals surface area contributed by atoms with Gasteiger partial charge in [0.25, 0.3) is 5.91 Å². The van der Waals surface area contributed by atoms with Crippen LogP contribution >= 0.6 is 0 Å². The van der Waals surface area contributed by atoms with Gasteiger partial charge in [-0.15, -0.1) is 0 Å². The molecule has 0 fully saturated rings. The molecule has 98 valence electrons. The standard InChI is InChI=1S/C15H9NO4/c17-13-9-5-1-3-7-11(9)15(19)16(13)12-8-4-2-6-10(12)14(18)20-15/h1-8,19H/t15-/m1/s1. The smallest absolute Gasteiger partial charge is 0.344 e. The topological polar surface area (TPSA) is 66.8 Å². The summed E-state index contributed by atoms with van der Waals surface area (Å²) >= 11 is 0. The van der Waals surface area contributed by atoms with E-state index in [0.717, 1.165) is 4.90 Å². The van der Waals surface area contributed by atoms with E-state index in [-0.39, 0.29) is 17.0 Å². The lowest BCUT2D eigenvalue weighted by Crippen LogP contribution is -2.51. The van der Waals surface area contributed by atoms with E-state index in [1.807, 2.05) is 0 Å². The molecule has 20 heavy (non-hydrogen) atoms. The van der Waals surface area contributed by atoms with Gasteiger partial charge in [0.1, 0.15) is 0 Å². The summed E-state index contributed by atoms with van der Waals surface area (Å²) < 4.78 is 5.14. The minimum Gasteiger partial charge on any atom is -0.405 e. The van der Waals surface area contributed by atoms with Crippen LogP contribution in [-0.4, -0.2) is 17.0 Å². The van der Waals surface area contributed by atoms with Crippen LogP contribution in [0.3, 0.4) is 0 Å². The molecular weight excluding hydrogens is 258 g/mol. The monoisotopic (exact) mass is 267 g/mol. The van der Waals surface area contributed by atoms with Crippen LogP contribution in [0.2, 0.25) is 0 Å². The van der Waals surface area contributed by atoms with E-state index in [0.29, 0.717) is 11.3 Å². The number of hydrogen-bond donors (Lipinski definition) is 1. The lowest BCUT2D eigenvalue weighted by atomic mass is 10.1. The van der Waals surface area contributed by atoms with Gasteiger partial charge in [0.15, 0.2) is 0 Å². The number of carbonyl (C=O) groups is 2. The lowest BCUT2D eigenvalue weighted by Gasteiger charge is -2.37. The molecule has 0 aromatic heterocycles. The Morgan fingerprint density at radius 3 is 2.40 bits per heavy atom. The first-order chi connectivity index (χ1) is 9.63. The highest BCUT2D eigenvalue weighted by molar-refractivity contribution is 6.15. The molecule has 0 unspecified atom stereocenters. The minimum absolute atomic E-state index is 0.262. The Hall–Kier alpha value is -2.66. The number of para-hydroxylation sites is 1. The largest absolute Gasteiger partial charge is 0.405 e. The van der Waals surface area contributed by atoms with Gasteiger partial charge in [-0.3, -0.25) is 4.79 Å². The van der Waals surface area contributed by atoms with E-state index in [1.54, 1.807) is 48.5 Å². The number of esters is 1. The molecule has 0 spiro atoms. The highest BCUT2D eigenvalue weighted by Crippen LogP contribution is 2.46. The summed E-state index contributed by atoms with van der Waals surface area (Å²) in [5.74, 6) is -3.09. The van der Waals surface area contributed by atoms with Crippen LogP contribution < -0.4 is 4.90 Å². The average Bonchev–Trinajstić information content (AvgIpc) is 2.68. The predicted molar refractivity (Wildman–Crippen MR) is 69.0 cm³/mol. The maximum absolute atomic E-state index is 12.5. The predicted octanol–water partition coefficient (Wildman–Crippen LogP) is 1.62. The van der Waals surface area contributed by atoms with Gasteiger partial charge in [-0.2, -0.15) is 0 Å². The number of ether oxygens (including phenoxy) is 1. The van der Waals surface area contributed by atoms with Gasteiger partial charge in [0.05, 0.1) is 22.4 Å². The van der Waals surface area contributed by atoms with Crippen LogP contribution in [0.25, 0.3) is 0 Å². The molecule has 1 N–H and O–H groups in total. The second-order valence-corrected chi connectivity index (χ2v) is 4.70. The van der Waals surface area contributed by atoms with Gasteiger partial charge in [0.2, 0.25) is 0 Å². The zero-order chi connectivity index (χ0) is 13.9. The van der Waals surface area contributed by atoms with Crippen LogP contribution in [0, 0.1) is 0 Å². The number of rotatable bonds is 0. The van der Waals surface area contributed by atoms with E-state index >= 15 is 0 Å². The van der Waals surface area contributed by atoms with E-state index < -0.39 is 11.9 Å². The Bertz CT molecular complexity index is 770. The third kappa shape index (κ3) is 1.15. The Balaban J connectivity index is 2.04. The molecule has 2 aliphatic heterocycles. The Morgan fingerprint density at radius 1 is 0.950 bits per heavy atom. The van der Waals surface area contributed by atoms with Crippen molar-refractivity contribution in [1.29, 1.82) is 0 Å². The number of hydrogen-bond acceptors (Lipinski definition) is 4. The number of anilines is 1. The van der Waals surface area contributed by atoms with Crippen LogP contribution in [0.5, 0.6) is 0 Å². The van der Waals surface area contributed by atoms with E-state index in [4.69, 9.17) is 4.74 Å². The van der Waals surface area contributed by atoms with Crippen molar-refractivity contribution in [3.8, 4) is 0 Å². The van der Waals surface area contributed by atoms with Gasteiger partial charge in [-0.1, -0.05) is 24.3 Å². The summed E-state index contributed by atoms with van der Waals surface area (Å²) in [6, 6.07) is 13.1. The summed E-state index contributed by atoms with van der Waals surface area (Å²) in [6.45, 7) is 0. The molecule has 1 atom stereocenters. The van der Waals surface area contributed by atoms with Gasteiger partial charge >= 0.3 is 11.9 Å². The summed E-state index contributed by atoms with van der Waals surface area (Å²) in [6.07, 6.45) is 0. The molecule has 2 aromatic rings. The van der Waals surface area contributed by atoms with Crippen molar-refractivity contribution in [3.05, 3.63) is 65.2 Å². The molecule has 5 heteroatoms. The second kappa shape index (κ2) is 3.46. The molecule has 5 nitrogen and oxygen atoms in total. The summed E-state index contributed by atoms with van der Waals surface area (Å²) in [7, 11) is 0. The van der Waals surface area contributed by atoms with Crippen LogP contribution in [0.1, 0.15) is 26.3 Å². The van der Waals surface area contributed by atoms with E-state index in [9.17, 15) is 14.7 Å². The zero-order valence-corrected chi connectivity index (χ0v) is 10.2. The van der Waals surface area contributed by atoms with Crippen molar-refractivity contribution in [3.63, 3.8) is 0 Å². The fourth-order valence-corrected chi connectivity index (χ4v) is 2.73. The maximum Gasteiger partial charge on any atom is 0.344 e. The van der Waals surface area contributed by atoms with Crippen molar-refractivity contribution in [2.75, 3.05) is 4.90 Å². The van der Waals surface area contributed by atoms with E-state index in [1.165, 1.54) is 0 Å². The van der Waals surface area contributed by atoms with Crippen LogP contribution in [0.4, 0.5) is 5.69 Å². The maximum atomic E-state index is 12.5.